The molecule has 0 saturated heterocycles. The second-order valence-corrected chi connectivity index (χ2v) is 6.44. The Morgan fingerprint density at radius 2 is 2.04 bits per heavy atom. The van der Waals surface area contributed by atoms with Crippen molar-refractivity contribution in [3.8, 4) is 10.7 Å². The van der Waals surface area contributed by atoms with Gasteiger partial charge in [-0.2, -0.15) is 4.98 Å². The van der Waals surface area contributed by atoms with E-state index in [0.29, 0.717) is 11.7 Å². The Kier molecular flexibility index (Phi) is 5.52. The number of aromatic nitrogens is 2. The van der Waals surface area contributed by atoms with Crippen LogP contribution in [0.1, 0.15) is 29.6 Å². The third-order valence-electron chi connectivity index (χ3n) is 3.56. The Labute approximate surface area is 152 Å². The van der Waals surface area contributed by atoms with Gasteiger partial charge in [0.2, 0.25) is 17.5 Å². The van der Waals surface area contributed by atoms with Gasteiger partial charge in [-0.25, -0.2) is 4.39 Å². The van der Waals surface area contributed by atoms with Crippen molar-refractivity contribution < 1.29 is 23.2 Å². The highest BCUT2D eigenvalue weighted by molar-refractivity contribution is 7.13. The quantitative estimate of drug-likeness (QED) is 0.463. The van der Waals surface area contributed by atoms with Crippen molar-refractivity contribution in [3.05, 3.63) is 59.0 Å². The fourth-order valence-electron chi connectivity index (χ4n) is 2.23. The van der Waals surface area contributed by atoms with Crippen molar-refractivity contribution in [2.75, 3.05) is 0 Å². The highest BCUT2D eigenvalue weighted by atomic mass is 32.1. The van der Waals surface area contributed by atoms with Crippen molar-refractivity contribution in [3.63, 3.8) is 0 Å². The number of nitrogens with zero attached hydrogens (tertiary/aromatic N) is 2. The van der Waals surface area contributed by atoms with E-state index in [9.17, 15) is 14.0 Å². The van der Waals surface area contributed by atoms with E-state index in [1.165, 1.54) is 42.5 Å². The van der Waals surface area contributed by atoms with E-state index in [0.717, 1.165) is 4.88 Å². The van der Waals surface area contributed by atoms with Crippen LogP contribution in [0, 0.1) is 5.82 Å². The van der Waals surface area contributed by atoms with Gasteiger partial charge in [-0.3, -0.25) is 9.59 Å². The first-order chi connectivity index (χ1) is 12.5. The minimum atomic E-state index is -0.961. The van der Waals surface area contributed by atoms with Gasteiger partial charge < -0.3 is 9.26 Å². The molecule has 0 aliphatic carbocycles. The molecule has 134 valence electrons. The Morgan fingerprint density at radius 3 is 2.73 bits per heavy atom. The molecule has 3 rings (SSSR count). The Hall–Kier alpha value is -2.87. The van der Waals surface area contributed by atoms with Crippen LogP contribution in [0.5, 0.6) is 0 Å². The van der Waals surface area contributed by atoms with Gasteiger partial charge in [0.15, 0.2) is 6.10 Å². The Bertz CT molecular complexity index is 890. The number of ether oxygens (including phenoxy) is 1. The number of rotatable bonds is 7. The lowest BCUT2D eigenvalue weighted by atomic mass is 10.1. The van der Waals surface area contributed by atoms with Crippen LogP contribution in [0.2, 0.25) is 0 Å². The number of ketones is 1. The summed E-state index contributed by atoms with van der Waals surface area (Å²) in [6.45, 7) is 1.48. The predicted molar refractivity (Wildman–Crippen MR) is 92.2 cm³/mol. The normalized spacial score (nSPS) is 11.9. The van der Waals surface area contributed by atoms with Crippen LogP contribution in [0.4, 0.5) is 4.39 Å². The molecule has 26 heavy (non-hydrogen) atoms. The van der Waals surface area contributed by atoms with Gasteiger partial charge in [0.1, 0.15) is 5.82 Å². The second-order valence-electron chi connectivity index (χ2n) is 5.49. The first-order valence-corrected chi connectivity index (χ1v) is 8.76. The van der Waals surface area contributed by atoms with E-state index in [4.69, 9.17) is 9.26 Å². The van der Waals surface area contributed by atoms with Crippen LogP contribution in [0.25, 0.3) is 10.7 Å². The number of Topliss-reactive ketones (excluding diaryl/α,β-unsaturated/α-hetero) is 1. The zero-order valence-electron chi connectivity index (χ0n) is 13.8. The summed E-state index contributed by atoms with van der Waals surface area (Å²) in [4.78, 5) is 29.2. The van der Waals surface area contributed by atoms with Crippen molar-refractivity contribution in [2.24, 2.45) is 0 Å². The van der Waals surface area contributed by atoms with E-state index < -0.39 is 23.7 Å². The zero-order chi connectivity index (χ0) is 18.5. The van der Waals surface area contributed by atoms with Crippen molar-refractivity contribution in [1.82, 2.24) is 10.1 Å². The summed E-state index contributed by atoms with van der Waals surface area (Å²) < 4.78 is 23.1. The van der Waals surface area contributed by atoms with Gasteiger partial charge in [0.05, 0.1) is 11.3 Å². The highest BCUT2D eigenvalue weighted by Crippen LogP contribution is 2.21. The summed E-state index contributed by atoms with van der Waals surface area (Å²) in [5, 5.41) is 5.76. The lowest BCUT2D eigenvalue weighted by molar-refractivity contribution is -0.146. The molecule has 0 fully saturated rings. The Balaban J connectivity index is 1.50. The van der Waals surface area contributed by atoms with E-state index >= 15 is 0 Å². The molecule has 2 heterocycles. The summed E-state index contributed by atoms with van der Waals surface area (Å²) in [7, 11) is 0. The number of benzene rings is 1. The molecule has 0 aliphatic rings. The van der Waals surface area contributed by atoms with E-state index in [-0.39, 0.29) is 18.4 Å². The summed E-state index contributed by atoms with van der Waals surface area (Å²) in [6, 6.07) is 8.83. The van der Waals surface area contributed by atoms with Gasteiger partial charge in [0, 0.05) is 12.0 Å². The molecule has 2 aromatic heterocycles. The van der Waals surface area contributed by atoms with Crippen LogP contribution in [-0.2, 0) is 16.0 Å². The van der Waals surface area contributed by atoms with Gasteiger partial charge in [-0.15, -0.1) is 11.3 Å². The van der Waals surface area contributed by atoms with Crippen LogP contribution in [0.15, 0.2) is 46.3 Å². The lowest BCUT2D eigenvalue weighted by Crippen LogP contribution is -2.24. The third-order valence-corrected chi connectivity index (χ3v) is 4.42. The number of hydrogen-bond donors (Lipinski definition) is 0. The van der Waals surface area contributed by atoms with Crippen LogP contribution in [0.3, 0.4) is 0 Å². The van der Waals surface area contributed by atoms with E-state index in [1.54, 1.807) is 0 Å². The summed E-state index contributed by atoms with van der Waals surface area (Å²) in [5.74, 6) is -0.585. The average Bonchev–Trinajstić information content (AvgIpc) is 3.31. The molecule has 0 radical (unpaired) electrons. The smallest absolute Gasteiger partial charge is 0.307 e. The molecule has 6 nitrogen and oxygen atoms in total. The zero-order valence-corrected chi connectivity index (χ0v) is 14.7. The molecule has 0 aliphatic heterocycles. The van der Waals surface area contributed by atoms with Crippen molar-refractivity contribution in [1.29, 1.82) is 0 Å². The molecule has 0 spiro atoms. The monoisotopic (exact) mass is 374 g/mol. The number of hydrogen-bond acceptors (Lipinski definition) is 7. The lowest BCUT2D eigenvalue weighted by Gasteiger charge is -2.11. The predicted octanol–water partition coefficient (Wildman–Crippen LogP) is 3.68. The highest BCUT2D eigenvalue weighted by Gasteiger charge is 2.20. The molecule has 1 aromatic carbocycles. The first kappa shape index (κ1) is 17.9. The number of halogens is 1. The molecule has 0 bridgehead atoms. The fourth-order valence-corrected chi connectivity index (χ4v) is 2.88. The number of carbonyl (C=O) groups excluding carboxylic acids is 2. The molecule has 3 aromatic rings. The van der Waals surface area contributed by atoms with Gasteiger partial charge in [0.25, 0.3) is 0 Å². The minimum absolute atomic E-state index is 0.00706. The van der Waals surface area contributed by atoms with Crippen molar-refractivity contribution >= 4 is 23.1 Å². The van der Waals surface area contributed by atoms with Gasteiger partial charge >= 0.3 is 5.97 Å². The van der Waals surface area contributed by atoms with Gasteiger partial charge in [-0.05, 0) is 42.6 Å². The molecule has 0 saturated carbocycles. The maximum absolute atomic E-state index is 12.9. The maximum atomic E-state index is 12.9. The molecular weight excluding hydrogens is 359 g/mol. The second kappa shape index (κ2) is 8.01. The first-order valence-electron chi connectivity index (χ1n) is 7.88. The van der Waals surface area contributed by atoms with E-state index in [2.05, 4.69) is 10.1 Å². The van der Waals surface area contributed by atoms with E-state index in [1.807, 2.05) is 17.5 Å². The van der Waals surface area contributed by atoms with Crippen LogP contribution in [-0.4, -0.2) is 28.0 Å². The number of carbonyl (C=O) groups is 2. The SMILES string of the molecule is C[C@H](OC(=O)CCc1nc(-c2cccs2)no1)C(=O)c1ccc(F)cc1. The summed E-state index contributed by atoms with van der Waals surface area (Å²) in [5.41, 5.74) is 0.282. The minimum Gasteiger partial charge on any atom is -0.454 e. The molecule has 0 N–H and O–H groups in total. The molecule has 1 atom stereocenters. The van der Waals surface area contributed by atoms with Crippen molar-refractivity contribution in [2.45, 2.75) is 25.9 Å². The van der Waals surface area contributed by atoms with Crippen LogP contribution < -0.4 is 0 Å². The Morgan fingerprint density at radius 1 is 1.27 bits per heavy atom. The number of aryl methyl sites for hydroxylation is 1. The largest absolute Gasteiger partial charge is 0.454 e. The molecule has 0 unspecified atom stereocenters. The average molecular weight is 374 g/mol. The molecule has 0 amide bonds. The maximum Gasteiger partial charge on any atom is 0.307 e. The number of thiophene rings is 1. The standard InChI is InChI=1S/C18H15FN2O4S/c1-11(17(23)12-4-6-13(19)7-5-12)24-16(22)9-8-15-20-18(21-25-15)14-3-2-10-26-14/h2-7,10-11H,8-9H2,1H3/t11-/m0/s1. The third kappa shape index (κ3) is 4.40. The molecular formula is C18H15FN2O4S. The van der Waals surface area contributed by atoms with Crippen LogP contribution >= 0.6 is 11.3 Å². The molecule has 8 heteroatoms. The topological polar surface area (TPSA) is 82.3 Å². The summed E-state index contributed by atoms with van der Waals surface area (Å²) in [6.07, 6.45) is -0.737. The number of esters is 1. The van der Waals surface area contributed by atoms with Gasteiger partial charge in [-0.1, -0.05) is 11.2 Å². The summed E-state index contributed by atoms with van der Waals surface area (Å²) >= 11 is 1.49. The fraction of sp³-hybridized carbons (Fsp3) is 0.222.